The van der Waals surface area contributed by atoms with E-state index in [4.69, 9.17) is 0 Å². The van der Waals surface area contributed by atoms with Crippen molar-refractivity contribution in [2.45, 2.75) is 32.8 Å². The van der Waals surface area contributed by atoms with Crippen LogP contribution < -0.4 is 0 Å². The van der Waals surface area contributed by atoms with Gasteiger partial charge >= 0.3 is 0 Å². The predicted molar refractivity (Wildman–Crippen MR) is 68.7 cm³/mol. The van der Waals surface area contributed by atoms with Gasteiger partial charge in [0.25, 0.3) is 0 Å². The van der Waals surface area contributed by atoms with Crippen molar-refractivity contribution in [2.24, 2.45) is 5.92 Å². The van der Waals surface area contributed by atoms with Gasteiger partial charge in [-0.25, -0.2) is 0 Å². The first-order valence-electron chi connectivity index (χ1n) is 5.41. The van der Waals surface area contributed by atoms with Crippen LogP contribution >= 0.6 is 22.7 Å². The molecule has 82 valence electrons. The van der Waals surface area contributed by atoms with Gasteiger partial charge in [-0.2, -0.15) is 0 Å². The highest BCUT2D eigenvalue weighted by Crippen LogP contribution is 2.37. The van der Waals surface area contributed by atoms with E-state index < -0.39 is 0 Å². The fourth-order valence-corrected chi connectivity index (χ4v) is 4.10. The minimum Gasteiger partial charge on any atom is -0.387 e. The number of hydrogen-bond acceptors (Lipinski definition) is 3. The first-order valence-corrected chi connectivity index (χ1v) is 7.10. The molecule has 0 aliphatic heterocycles. The minimum atomic E-state index is -0.274. The van der Waals surface area contributed by atoms with Gasteiger partial charge in [0.15, 0.2) is 0 Å². The summed E-state index contributed by atoms with van der Waals surface area (Å²) in [6.45, 7) is 4.29. The van der Waals surface area contributed by atoms with Crippen LogP contribution in [0.4, 0.5) is 0 Å². The molecule has 2 heterocycles. The second-order valence-corrected chi connectivity index (χ2v) is 5.88. The van der Waals surface area contributed by atoms with Gasteiger partial charge in [0.1, 0.15) is 0 Å². The highest BCUT2D eigenvalue weighted by atomic mass is 32.1. The van der Waals surface area contributed by atoms with Crippen LogP contribution in [0, 0.1) is 5.92 Å². The molecule has 0 aliphatic rings. The van der Waals surface area contributed by atoms with Crippen LogP contribution in [0.5, 0.6) is 0 Å². The van der Waals surface area contributed by atoms with Crippen LogP contribution in [0.3, 0.4) is 0 Å². The molecule has 0 aliphatic carbocycles. The number of aliphatic hydroxyl groups is 1. The van der Waals surface area contributed by atoms with E-state index in [1.807, 2.05) is 0 Å². The third kappa shape index (κ3) is 2.10. The van der Waals surface area contributed by atoms with Gasteiger partial charge in [0, 0.05) is 14.3 Å². The fourth-order valence-electron chi connectivity index (χ4n) is 1.90. The van der Waals surface area contributed by atoms with Crippen molar-refractivity contribution in [1.82, 2.24) is 0 Å². The van der Waals surface area contributed by atoms with E-state index in [1.165, 1.54) is 9.40 Å². The summed E-state index contributed by atoms with van der Waals surface area (Å²) in [6, 6.07) is 4.28. The van der Waals surface area contributed by atoms with E-state index in [9.17, 15) is 5.11 Å². The van der Waals surface area contributed by atoms with Gasteiger partial charge in [-0.15, -0.1) is 22.7 Å². The topological polar surface area (TPSA) is 20.2 Å². The Morgan fingerprint density at radius 3 is 2.60 bits per heavy atom. The fraction of sp³-hybridized carbons (Fsp3) is 0.500. The summed E-state index contributed by atoms with van der Waals surface area (Å²) in [4.78, 5) is 1.13. The maximum Gasteiger partial charge on any atom is 0.0910 e. The van der Waals surface area contributed by atoms with E-state index in [0.717, 1.165) is 17.7 Å². The van der Waals surface area contributed by atoms with Crippen LogP contribution in [-0.2, 0) is 0 Å². The zero-order valence-corrected chi connectivity index (χ0v) is 10.7. The number of thiophene rings is 2. The van der Waals surface area contributed by atoms with Crippen molar-refractivity contribution in [2.75, 3.05) is 0 Å². The number of rotatable bonds is 4. The largest absolute Gasteiger partial charge is 0.387 e. The van der Waals surface area contributed by atoms with Crippen molar-refractivity contribution >= 4 is 32.1 Å². The van der Waals surface area contributed by atoms with E-state index in [0.29, 0.717) is 5.92 Å². The molecular weight excluding hydrogens is 224 g/mol. The van der Waals surface area contributed by atoms with Crippen LogP contribution in [0.25, 0.3) is 9.40 Å². The van der Waals surface area contributed by atoms with Gasteiger partial charge in [-0.3, -0.25) is 0 Å². The Morgan fingerprint density at radius 2 is 2.00 bits per heavy atom. The summed E-state index contributed by atoms with van der Waals surface area (Å²) >= 11 is 3.48. The molecule has 0 spiro atoms. The second-order valence-electron chi connectivity index (χ2n) is 3.82. The summed E-state index contributed by atoms with van der Waals surface area (Å²) in [5.74, 6) is 0.401. The lowest BCUT2D eigenvalue weighted by Gasteiger charge is -2.18. The van der Waals surface area contributed by atoms with Crippen molar-refractivity contribution in [3.8, 4) is 0 Å². The minimum absolute atomic E-state index is 0.274. The average molecular weight is 240 g/mol. The molecule has 2 aromatic rings. The average Bonchev–Trinajstić information content (AvgIpc) is 2.78. The Bertz CT molecular complexity index is 397. The maximum absolute atomic E-state index is 10.2. The molecule has 1 unspecified atom stereocenters. The molecule has 1 atom stereocenters. The summed E-state index contributed by atoms with van der Waals surface area (Å²) in [5.41, 5.74) is 0. The van der Waals surface area contributed by atoms with Gasteiger partial charge in [-0.1, -0.05) is 26.7 Å². The summed E-state index contributed by atoms with van der Waals surface area (Å²) < 4.78 is 2.61. The SMILES string of the molecule is CCC(CC)C(O)c1cc2sccc2s1. The lowest BCUT2D eigenvalue weighted by molar-refractivity contribution is 0.107. The van der Waals surface area contributed by atoms with Gasteiger partial charge in [-0.05, 0) is 23.4 Å². The maximum atomic E-state index is 10.2. The summed E-state index contributed by atoms with van der Waals surface area (Å²) in [5, 5.41) is 12.3. The van der Waals surface area contributed by atoms with Crippen molar-refractivity contribution in [3.63, 3.8) is 0 Å². The van der Waals surface area contributed by atoms with E-state index in [2.05, 4.69) is 31.4 Å². The second kappa shape index (κ2) is 4.64. The van der Waals surface area contributed by atoms with Crippen LogP contribution in [0.2, 0.25) is 0 Å². The van der Waals surface area contributed by atoms with E-state index >= 15 is 0 Å². The molecule has 1 nitrogen and oxygen atoms in total. The van der Waals surface area contributed by atoms with Crippen molar-refractivity contribution in [1.29, 1.82) is 0 Å². The Balaban J connectivity index is 2.26. The lowest BCUT2D eigenvalue weighted by Crippen LogP contribution is -2.09. The molecule has 15 heavy (non-hydrogen) atoms. The highest BCUT2D eigenvalue weighted by Gasteiger charge is 2.19. The molecule has 0 saturated heterocycles. The number of aliphatic hydroxyl groups excluding tert-OH is 1. The highest BCUT2D eigenvalue weighted by molar-refractivity contribution is 7.26. The molecule has 2 aromatic heterocycles. The number of fused-ring (bicyclic) bond motifs is 1. The molecule has 0 bridgehead atoms. The van der Waals surface area contributed by atoms with Gasteiger partial charge in [0.2, 0.25) is 0 Å². The van der Waals surface area contributed by atoms with E-state index in [-0.39, 0.29) is 6.10 Å². The molecule has 0 amide bonds. The molecular formula is C12H16OS2. The first-order chi connectivity index (χ1) is 7.26. The molecule has 2 rings (SSSR count). The summed E-state index contributed by atoms with van der Waals surface area (Å²) in [7, 11) is 0. The third-order valence-electron chi connectivity index (χ3n) is 2.95. The Hall–Kier alpha value is -0.380. The summed E-state index contributed by atoms with van der Waals surface area (Å²) in [6.07, 6.45) is 1.82. The molecule has 3 heteroatoms. The quantitative estimate of drug-likeness (QED) is 0.838. The molecule has 0 radical (unpaired) electrons. The lowest BCUT2D eigenvalue weighted by atomic mass is 9.96. The standard InChI is InChI=1S/C12H16OS2/c1-3-8(4-2)12(13)11-7-10-9(15-11)5-6-14-10/h5-8,12-13H,3-4H2,1-2H3. The predicted octanol–water partition coefficient (Wildman–Crippen LogP) is 4.43. The van der Waals surface area contributed by atoms with Crippen LogP contribution in [0.1, 0.15) is 37.7 Å². The third-order valence-corrected chi connectivity index (χ3v) is 5.11. The van der Waals surface area contributed by atoms with Gasteiger partial charge < -0.3 is 5.11 Å². The zero-order chi connectivity index (χ0) is 10.8. The molecule has 0 aromatic carbocycles. The monoisotopic (exact) mass is 240 g/mol. The zero-order valence-electron chi connectivity index (χ0n) is 9.06. The van der Waals surface area contributed by atoms with Crippen molar-refractivity contribution < 1.29 is 5.11 Å². The smallest absolute Gasteiger partial charge is 0.0910 e. The molecule has 0 fully saturated rings. The van der Waals surface area contributed by atoms with Crippen LogP contribution in [0.15, 0.2) is 17.5 Å². The number of hydrogen-bond donors (Lipinski definition) is 1. The Labute approximate surface area is 98.4 Å². The Morgan fingerprint density at radius 1 is 1.27 bits per heavy atom. The molecule has 0 saturated carbocycles. The normalized spacial score (nSPS) is 13.9. The Kier molecular flexibility index (Phi) is 3.44. The molecule has 1 N–H and O–H groups in total. The first kappa shape index (κ1) is 11.1. The van der Waals surface area contributed by atoms with Crippen molar-refractivity contribution in [3.05, 3.63) is 22.4 Å². The van der Waals surface area contributed by atoms with Crippen LogP contribution in [-0.4, -0.2) is 5.11 Å². The van der Waals surface area contributed by atoms with Gasteiger partial charge in [0.05, 0.1) is 6.10 Å². The van der Waals surface area contributed by atoms with E-state index in [1.54, 1.807) is 22.7 Å².